The molecule has 5 heteroatoms. The third-order valence-electron chi connectivity index (χ3n) is 4.06. The Labute approximate surface area is 133 Å². The van der Waals surface area contributed by atoms with E-state index >= 15 is 0 Å². The predicted molar refractivity (Wildman–Crippen MR) is 91.9 cm³/mol. The van der Waals surface area contributed by atoms with Crippen LogP contribution >= 0.6 is 11.9 Å². The minimum atomic E-state index is 0.867. The number of benzene rings is 2. The van der Waals surface area contributed by atoms with Crippen LogP contribution in [0.3, 0.4) is 0 Å². The maximum atomic E-state index is 4.47. The first-order valence-corrected chi connectivity index (χ1v) is 8.36. The maximum Gasteiger partial charge on any atom is 0.124 e. The Morgan fingerprint density at radius 3 is 2.55 bits per heavy atom. The lowest BCUT2D eigenvalue weighted by atomic mass is 9.96. The van der Waals surface area contributed by atoms with Gasteiger partial charge in [-0.15, -0.1) is 5.10 Å². The second-order valence-corrected chi connectivity index (χ2v) is 6.08. The van der Waals surface area contributed by atoms with Crippen molar-refractivity contribution in [3.8, 4) is 22.5 Å². The number of anilines is 1. The van der Waals surface area contributed by atoms with Crippen molar-refractivity contribution < 1.29 is 0 Å². The molecule has 2 heterocycles. The summed E-state index contributed by atoms with van der Waals surface area (Å²) in [6, 6.07) is 16.9. The van der Waals surface area contributed by atoms with Crippen molar-refractivity contribution in [1.82, 2.24) is 14.4 Å². The monoisotopic (exact) mass is 308 g/mol. The van der Waals surface area contributed by atoms with Crippen LogP contribution in [-0.4, -0.2) is 27.7 Å². The highest BCUT2D eigenvalue weighted by Crippen LogP contribution is 2.40. The van der Waals surface area contributed by atoms with E-state index in [-0.39, 0.29) is 0 Å². The summed E-state index contributed by atoms with van der Waals surface area (Å²) in [6.07, 6.45) is 2.02. The van der Waals surface area contributed by atoms with E-state index in [0.29, 0.717) is 0 Å². The van der Waals surface area contributed by atoms with E-state index in [4.69, 9.17) is 0 Å². The van der Waals surface area contributed by atoms with E-state index in [9.17, 15) is 0 Å². The van der Waals surface area contributed by atoms with Crippen LogP contribution in [0.25, 0.3) is 22.5 Å². The first-order chi connectivity index (χ1) is 10.8. The predicted octanol–water partition coefficient (Wildman–Crippen LogP) is 3.69. The van der Waals surface area contributed by atoms with Crippen molar-refractivity contribution in [2.45, 2.75) is 6.54 Å². The molecule has 0 aliphatic carbocycles. The van der Waals surface area contributed by atoms with Crippen LogP contribution in [0.5, 0.6) is 0 Å². The minimum absolute atomic E-state index is 0.867. The molecule has 0 spiro atoms. The molecule has 4 rings (SSSR count). The van der Waals surface area contributed by atoms with Crippen molar-refractivity contribution in [2.24, 2.45) is 0 Å². The lowest BCUT2D eigenvalue weighted by Gasteiger charge is -2.26. The van der Waals surface area contributed by atoms with Crippen LogP contribution in [0.4, 0.5) is 5.69 Å². The fraction of sp³-hybridized carbons (Fsp3) is 0.176. The van der Waals surface area contributed by atoms with E-state index in [0.717, 1.165) is 23.5 Å². The van der Waals surface area contributed by atoms with E-state index in [1.165, 1.54) is 16.8 Å². The molecule has 110 valence electrons. The lowest BCUT2D eigenvalue weighted by molar-refractivity contribution is 0.896. The summed E-state index contributed by atoms with van der Waals surface area (Å²) >= 11 is 1.57. The van der Waals surface area contributed by atoms with Crippen LogP contribution in [0.1, 0.15) is 5.56 Å². The molecule has 1 aromatic heterocycles. The molecule has 1 aliphatic rings. The second-order valence-electron chi connectivity index (χ2n) is 5.37. The molecule has 0 atom stereocenters. The van der Waals surface area contributed by atoms with E-state index < -0.39 is 0 Å². The van der Waals surface area contributed by atoms with Gasteiger partial charge in [0.2, 0.25) is 0 Å². The summed E-state index contributed by atoms with van der Waals surface area (Å²) < 4.78 is 1.91. The van der Waals surface area contributed by atoms with E-state index in [1.54, 1.807) is 11.9 Å². The van der Waals surface area contributed by atoms with Gasteiger partial charge in [0, 0.05) is 36.7 Å². The molecule has 0 unspecified atom stereocenters. The Morgan fingerprint density at radius 1 is 1.00 bits per heavy atom. The number of fused-ring (bicyclic) bond motifs is 5. The Bertz CT molecular complexity index is 840. The molecule has 3 aromatic rings. The summed E-state index contributed by atoms with van der Waals surface area (Å²) in [6.45, 7) is 0.867. The molecule has 0 N–H and O–H groups in total. The standard InChI is InChI=1S/C17H16N4S/c1-20-11-12-7-3-4-8-13(12)17-16(18-19-21(17)22-2)14-9-5-6-10-15(14)20/h3-10H,11H2,1-2H3. The summed E-state index contributed by atoms with van der Waals surface area (Å²) in [5.74, 6) is 0. The molecule has 2 aromatic carbocycles. The summed E-state index contributed by atoms with van der Waals surface area (Å²) in [7, 11) is 2.12. The molecule has 0 saturated heterocycles. The van der Waals surface area contributed by atoms with Crippen molar-refractivity contribution in [1.29, 1.82) is 0 Å². The number of hydrogen-bond donors (Lipinski definition) is 0. The second kappa shape index (κ2) is 5.18. The van der Waals surface area contributed by atoms with Gasteiger partial charge in [0.1, 0.15) is 11.4 Å². The Morgan fingerprint density at radius 2 is 1.73 bits per heavy atom. The molecular formula is C17H16N4S. The van der Waals surface area contributed by atoms with Gasteiger partial charge in [0.25, 0.3) is 0 Å². The van der Waals surface area contributed by atoms with E-state index in [1.807, 2.05) is 10.3 Å². The summed E-state index contributed by atoms with van der Waals surface area (Å²) in [4.78, 5) is 2.27. The van der Waals surface area contributed by atoms with Crippen molar-refractivity contribution >= 4 is 17.6 Å². The highest BCUT2D eigenvalue weighted by atomic mass is 32.2. The minimum Gasteiger partial charge on any atom is -0.370 e. The third kappa shape index (κ3) is 1.93. The largest absolute Gasteiger partial charge is 0.370 e. The van der Waals surface area contributed by atoms with E-state index in [2.05, 4.69) is 70.8 Å². The average Bonchev–Trinajstić information content (AvgIpc) is 2.97. The van der Waals surface area contributed by atoms with Crippen LogP contribution < -0.4 is 4.90 Å². The molecule has 0 amide bonds. The number of hydrogen-bond acceptors (Lipinski definition) is 4. The van der Waals surface area contributed by atoms with Crippen LogP contribution in [-0.2, 0) is 6.54 Å². The quantitative estimate of drug-likeness (QED) is 0.686. The summed E-state index contributed by atoms with van der Waals surface area (Å²) in [5, 5.41) is 8.80. The highest BCUT2D eigenvalue weighted by Gasteiger charge is 2.24. The van der Waals surface area contributed by atoms with Gasteiger partial charge in [-0.05, 0) is 23.6 Å². The zero-order chi connectivity index (χ0) is 15.1. The molecule has 4 nitrogen and oxygen atoms in total. The average molecular weight is 308 g/mol. The topological polar surface area (TPSA) is 34.0 Å². The first-order valence-electron chi connectivity index (χ1n) is 7.18. The lowest BCUT2D eigenvalue weighted by Crippen LogP contribution is -2.19. The fourth-order valence-electron chi connectivity index (χ4n) is 3.04. The molecule has 0 radical (unpaired) electrons. The van der Waals surface area contributed by atoms with Crippen molar-refractivity contribution in [3.05, 3.63) is 54.1 Å². The van der Waals surface area contributed by atoms with Gasteiger partial charge in [0.05, 0.1) is 0 Å². The molecular weight excluding hydrogens is 292 g/mol. The van der Waals surface area contributed by atoms with Gasteiger partial charge in [-0.2, -0.15) is 4.09 Å². The van der Waals surface area contributed by atoms with Crippen LogP contribution in [0, 0.1) is 0 Å². The first kappa shape index (κ1) is 13.4. The Balaban J connectivity index is 2.10. The van der Waals surface area contributed by atoms with Crippen molar-refractivity contribution in [2.75, 3.05) is 18.2 Å². The SMILES string of the molecule is CSn1nnc2c1-c1ccccc1CN(C)c1ccccc1-2. The zero-order valence-corrected chi connectivity index (χ0v) is 13.3. The maximum absolute atomic E-state index is 4.47. The Hall–Kier alpha value is -2.27. The van der Waals surface area contributed by atoms with Gasteiger partial charge < -0.3 is 4.90 Å². The van der Waals surface area contributed by atoms with Gasteiger partial charge in [-0.25, -0.2) is 0 Å². The number of rotatable bonds is 1. The van der Waals surface area contributed by atoms with Gasteiger partial charge in [0.15, 0.2) is 0 Å². The summed E-state index contributed by atoms with van der Waals surface area (Å²) in [5.41, 5.74) is 6.85. The normalized spacial score (nSPS) is 12.9. The highest BCUT2D eigenvalue weighted by molar-refractivity contribution is 7.97. The zero-order valence-electron chi connectivity index (χ0n) is 12.5. The van der Waals surface area contributed by atoms with Crippen LogP contribution in [0.15, 0.2) is 48.5 Å². The number of aromatic nitrogens is 3. The number of nitrogens with zero attached hydrogens (tertiary/aromatic N) is 4. The van der Waals surface area contributed by atoms with Gasteiger partial charge in [-0.3, -0.25) is 0 Å². The third-order valence-corrected chi connectivity index (χ3v) is 4.67. The molecule has 22 heavy (non-hydrogen) atoms. The van der Waals surface area contributed by atoms with Gasteiger partial charge in [-0.1, -0.05) is 47.7 Å². The van der Waals surface area contributed by atoms with Crippen LogP contribution in [0.2, 0.25) is 0 Å². The van der Waals surface area contributed by atoms with Crippen molar-refractivity contribution in [3.63, 3.8) is 0 Å². The number of para-hydroxylation sites is 1. The molecule has 0 saturated carbocycles. The van der Waals surface area contributed by atoms with Gasteiger partial charge >= 0.3 is 0 Å². The fourth-order valence-corrected chi connectivity index (χ4v) is 3.52. The Kier molecular flexibility index (Phi) is 3.15. The molecule has 1 aliphatic heterocycles. The smallest absolute Gasteiger partial charge is 0.124 e. The molecule has 0 bridgehead atoms. The molecule has 0 fully saturated rings.